The fourth-order valence-corrected chi connectivity index (χ4v) is 3.03. The van der Waals surface area contributed by atoms with Crippen molar-refractivity contribution in [2.24, 2.45) is 0 Å². The molecule has 2 aromatic carbocycles. The molecule has 0 aliphatic carbocycles. The van der Waals surface area contributed by atoms with E-state index in [1.807, 2.05) is 6.07 Å². The molecule has 3 rings (SSSR count). The number of hydrogen-bond acceptors (Lipinski definition) is 6. The summed E-state index contributed by atoms with van der Waals surface area (Å²) in [6.07, 6.45) is 2.99. The maximum absolute atomic E-state index is 12.4. The van der Waals surface area contributed by atoms with Crippen molar-refractivity contribution in [1.82, 2.24) is 10.2 Å². The van der Waals surface area contributed by atoms with Gasteiger partial charge in [0.1, 0.15) is 11.8 Å². The third-order valence-corrected chi connectivity index (χ3v) is 4.53. The van der Waals surface area contributed by atoms with Crippen LogP contribution in [-0.2, 0) is 9.59 Å². The molecule has 31 heavy (non-hydrogen) atoms. The number of nitrogens with zero attached hydrogens (tertiary/aromatic N) is 3. The number of amides is 2. The van der Waals surface area contributed by atoms with Gasteiger partial charge in [0.05, 0.1) is 10.5 Å². The Hall–Kier alpha value is -4.36. The maximum Gasteiger partial charge on any atom is 0.274 e. The van der Waals surface area contributed by atoms with E-state index in [1.165, 1.54) is 42.3 Å². The van der Waals surface area contributed by atoms with E-state index in [9.17, 15) is 25.0 Å². The lowest BCUT2D eigenvalue weighted by molar-refractivity contribution is -0.384. The van der Waals surface area contributed by atoms with Gasteiger partial charge in [-0.05, 0) is 53.7 Å². The highest BCUT2D eigenvalue weighted by Gasteiger charge is 2.29. The third-order valence-electron chi connectivity index (χ3n) is 4.23. The monoisotopic (exact) mass is 433 g/mol. The molecule has 2 amide bonds. The minimum Gasteiger partial charge on any atom is -0.326 e. The Kier molecular flexibility index (Phi) is 6.18. The zero-order valence-electron chi connectivity index (χ0n) is 16.2. The number of hydrogen-bond donors (Lipinski definition) is 2. The molecular weight excluding hydrogens is 418 g/mol. The molecule has 9 nitrogen and oxygen atoms in total. The molecule has 0 spiro atoms. The minimum atomic E-state index is -0.532. The number of allylic oxidation sites excluding steroid dienone is 1. The molecule has 0 saturated carbocycles. The number of carbonyl (C=O) groups excluding carboxylic acids is 2. The average Bonchev–Trinajstić information content (AvgIpc) is 2.99. The molecule has 1 aliphatic heterocycles. The molecule has 1 fully saturated rings. The molecule has 0 atom stereocenters. The van der Waals surface area contributed by atoms with E-state index in [2.05, 4.69) is 10.6 Å². The van der Waals surface area contributed by atoms with E-state index in [0.29, 0.717) is 16.8 Å². The van der Waals surface area contributed by atoms with Gasteiger partial charge in [0.2, 0.25) is 5.91 Å². The summed E-state index contributed by atoms with van der Waals surface area (Å²) in [5.74, 6) is -0.633. The summed E-state index contributed by atoms with van der Waals surface area (Å²) in [5, 5.41) is 25.7. The number of nitriles is 1. The predicted octanol–water partition coefficient (Wildman–Crippen LogP) is 3.18. The van der Waals surface area contributed by atoms with Gasteiger partial charge >= 0.3 is 0 Å². The molecule has 2 aromatic rings. The molecule has 0 unspecified atom stereocenters. The Balaban J connectivity index is 1.94. The van der Waals surface area contributed by atoms with Crippen molar-refractivity contribution in [1.29, 1.82) is 5.26 Å². The Morgan fingerprint density at radius 2 is 1.87 bits per heavy atom. The highest BCUT2D eigenvalue weighted by molar-refractivity contribution is 7.80. The molecule has 10 heteroatoms. The number of nitro benzene ring substituents is 1. The molecule has 2 N–H and O–H groups in total. The summed E-state index contributed by atoms with van der Waals surface area (Å²) < 4.78 is 0. The number of nitro groups is 1. The molecule has 154 valence electrons. The standard InChI is InChI=1S/C21H15N5O4S/c1-13(27)23-17-6-2-14(3-7-17)10-19-20(28)24-21(31)25(19)12-16(11-22)15-4-8-18(9-5-15)26(29)30/h2-10,12H,1H3,(H,23,27)(H,24,28,31)/b16-12+,19-10-. The first-order valence-corrected chi connectivity index (χ1v) is 9.30. The molecule has 0 aromatic heterocycles. The number of anilines is 1. The molecular formula is C21H15N5O4S. The summed E-state index contributed by atoms with van der Waals surface area (Å²) in [6.45, 7) is 1.40. The molecule has 1 saturated heterocycles. The van der Waals surface area contributed by atoms with Gasteiger partial charge in [-0.3, -0.25) is 29.9 Å². The van der Waals surface area contributed by atoms with Gasteiger partial charge in [-0.15, -0.1) is 0 Å². The second-order valence-corrected chi connectivity index (χ2v) is 6.81. The molecule has 1 aliphatic rings. The fourth-order valence-electron chi connectivity index (χ4n) is 2.79. The number of non-ortho nitro benzene ring substituents is 1. The summed E-state index contributed by atoms with van der Waals surface area (Å²) in [4.78, 5) is 35.2. The number of rotatable bonds is 5. The van der Waals surface area contributed by atoms with Crippen molar-refractivity contribution >= 4 is 52.2 Å². The number of carbonyl (C=O) groups is 2. The van der Waals surface area contributed by atoms with Crippen LogP contribution in [0.4, 0.5) is 11.4 Å². The Labute approximate surface area is 182 Å². The van der Waals surface area contributed by atoms with E-state index in [4.69, 9.17) is 12.2 Å². The fraction of sp³-hybridized carbons (Fsp3) is 0.0476. The number of thiocarbonyl (C=S) groups is 1. The van der Waals surface area contributed by atoms with Crippen LogP contribution in [-0.4, -0.2) is 26.8 Å². The highest BCUT2D eigenvalue weighted by Crippen LogP contribution is 2.24. The molecule has 0 radical (unpaired) electrons. The zero-order valence-corrected chi connectivity index (χ0v) is 17.0. The quantitative estimate of drug-likeness (QED) is 0.244. The summed E-state index contributed by atoms with van der Waals surface area (Å²) >= 11 is 5.21. The zero-order chi connectivity index (χ0) is 22.5. The van der Waals surface area contributed by atoms with Crippen molar-refractivity contribution in [3.63, 3.8) is 0 Å². The maximum atomic E-state index is 12.4. The van der Waals surface area contributed by atoms with Gasteiger partial charge in [0.15, 0.2) is 5.11 Å². The van der Waals surface area contributed by atoms with Crippen LogP contribution in [0.3, 0.4) is 0 Å². The average molecular weight is 433 g/mol. The molecule has 1 heterocycles. The number of benzene rings is 2. The first kappa shape index (κ1) is 21.4. The van der Waals surface area contributed by atoms with Crippen LogP contribution in [0.2, 0.25) is 0 Å². The van der Waals surface area contributed by atoms with E-state index >= 15 is 0 Å². The normalized spacial score (nSPS) is 14.9. The first-order valence-electron chi connectivity index (χ1n) is 8.89. The van der Waals surface area contributed by atoms with Crippen LogP contribution >= 0.6 is 12.2 Å². The lowest BCUT2D eigenvalue weighted by atomic mass is 10.1. The summed E-state index contributed by atoms with van der Waals surface area (Å²) in [6, 6.07) is 14.3. The van der Waals surface area contributed by atoms with Crippen LogP contribution in [0.1, 0.15) is 18.1 Å². The van der Waals surface area contributed by atoms with Crippen molar-refractivity contribution in [3.05, 3.63) is 81.7 Å². The van der Waals surface area contributed by atoms with Crippen LogP contribution in [0.15, 0.2) is 60.4 Å². The lowest BCUT2D eigenvalue weighted by Gasteiger charge is -2.13. The van der Waals surface area contributed by atoms with E-state index in [1.54, 1.807) is 30.3 Å². The predicted molar refractivity (Wildman–Crippen MR) is 118 cm³/mol. The third kappa shape index (κ3) is 4.98. The second kappa shape index (κ2) is 8.98. The van der Waals surface area contributed by atoms with Crippen molar-refractivity contribution in [2.45, 2.75) is 6.92 Å². The van der Waals surface area contributed by atoms with E-state index < -0.39 is 10.8 Å². The van der Waals surface area contributed by atoms with Gasteiger partial charge in [0, 0.05) is 30.9 Å². The van der Waals surface area contributed by atoms with Gasteiger partial charge in [-0.25, -0.2) is 0 Å². The SMILES string of the molecule is CC(=O)Nc1ccc(/C=C2/C(=O)NC(=S)N2/C=C(\C#N)c2ccc([N+](=O)[O-])cc2)cc1. The van der Waals surface area contributed by atoms with Crippen molar-refractivity contribution in [2.75, 3.05) is 5.32 Å². The Morgan fingerprint density at radius 1 is 1.23 bits per heavy atom. The smallest absolute Gasteiger partial charge is 0.274 e. The minimum absolute atomic E-state index is 0.0979. The van der Waals surface area contributed by atoms with Crippen LogP contribution < -0.4 is 10.6 Å². The van der Waals surface area contributed by atoms with Gasteiger partial charge in [0.25, 0.3) is 11.6 Å². The van der Waals surface area contributed by atoms with Crippen LogP contribution in [0.25, 0.3) is 11.6 Å². The van der Waals surface area contributed by atoms with Crippen LogP contribution in [0, 0.1) is 21.4 Å². The highest BCUT2D eigenvalue weighted by atomic mass is 32.1. The largest absolute Gasteiger partial charge is 0.326 e. The van der Waals surface area contributed by atoms with Gasteiger partial charge < -0.3 is 5.32 Å². The summed E-state index contributed by atoms with van der Waals surface area (Å²) in [7, 11) is 0. The topological polar surface area (TPSA) is 128 Å². The Morgan fingerprint density at radius 3 is 2.42 bits per heavy atom. The summed E-state index contributed by atoms with van der Waals surface area (Å²) in [5.41, 5.74) is 2.00. The molecule has 0 bridgehead atoms. The van der Waals surface area contributed by atoms with Crippen LogP contribution in [0.5, 0.6) is 0 Å². The van der Waals surface area contributed by atoms with Crippen molar-refractivity contribution in [3.8, 4) is 6.07 Å². The first-order chi connectivity index (χ1) is 14.8. The van der Waals surface area contributed by atoms with E-state index in [0.717, 1.165) is 0 Å². The van der Waals surface area contributed by atoms with Gasteiger partial charge in [-0.1, -0.05) is 12.1 Å². The number of nitrogens with one attached hydrogen (secondary N) is 2. The second-order valence-electron chi connectivity index (χ2n) is 6.42. The Bertz CT molecular complexity index is 1180. The lowest BCUT2D eigenvalue weighted by Crippen LogP contribution is -2.23. The van der Waals surface area contributed by atoms with Crippen molar-refractivity contribution < 1.29 is 14.5 Å². The van der Waals surface area contributed by atoms with Gasteiger partial charge in [-0.2, -0.15) is 5.26 Å². The van der Waals surface area contributed by atoms with E-state index in [-0.39, 0.29) is 28.0 Å².